The Balaban J connectivity index is 1.59. The van der Waals surface area contributed by atoms with Crippen LogP contribution in [0.5, 0.6) is 0 Å². The van der Waals surface area contributed by atoms with Crippen LogP contribution in [0.1, 0.15) is 31.9 Å². The molecule has 3 rings (SSSR count). The fourth-order valence-corrected chi connectivity index (χ4v) is 2.76. The van der Waals surface area contributed by atoms with Crippen molar-refractivity contribution in [1.82, 2.24) is 4.98 Å². The van der Waals surface area contributed by atoms with Crippen LogP contribution in [-0.2, 0) is 16.6 Å². The van der Waals surface area contributed by atoms with Gasteiger partial charge in [-0.2, -0.15) is 0 Å². The fourth-order valence-electron chi connectivity index (χ4n) is 2.76. The summed E-state index contributed by atoms with van der Waals surface area (Å²) in [5.41, 5.74) is 3.25. The zero-order valence-corrected chi connectivity index (χ0v) is 16.3. The molecule has 3 aromatic rings. The first-order valence-electron chi connectivity index (χ1n) is 9.18. The van der Waals surface area contributed by atoms with Crippen molar-refractivity contribution < 1.29 is 9.18 Å². The highest BCUT2D eigenvalue weighted by molar-refractivity contribution is 5.92. The number of aromatic nitrogens is 1. The molecule has 0 atom stereocenters. The number of rotatable bonds is 5. The van der Waals surface area contributed by atoms with Gasteiger partial charge in [0.2, 0.25) is 5.91 Å². The van der Waals surface area contributed by atoms with E-state index in [2.05, 4.69) is 48.5 Å². The highest BCUT2D eigenvalue weighted by atomic mass is 19.1. The summed E-state index contributed by atoms with van der Waals surface area (Å²) in [6, 6.07) is 18.0. The molecule has 0 aliphatic heterocycles. The lowest BCUT2D eigenvalue weighted by atomic mass is 9.87. The first kappa shape index (κ1) is 19.5. The van der Waals surface area contributed by atoms with Gasteiger partial charge < -0.3 is 10.6 Å². The van der Waals surface area contributed by atoms with Gasteiger partial charge in [0.15, 0.2) is 0 Å². The van der Waals surface area contributed by atoms with Crippen molar-refractivity contribution >= 4 is 23.1 Å². The van der Waals surface area contributed by atoms with Crippen LogP contribution in [0.15, 0.2) is 66.9 Å². The Morgan fingerprint density at radius 2 is 1.64 bits per heavy atom. The van der Waals surface area contributed by atoms with Crippen molar-refractivity contribution in [3.63, 3.8) is 0 Å². The molecular formula is C23H24FN3O. The number of nitrogens with zero attached hydrogens (tertiary/aromatic N) is 1. The summed E-state index contributed by atoms with van der Waals surface area (Å²) in [6.07, 6.45) is 1.55. The van der Waals surface area contributed by atoms with Crippen molar-refractivity contribution in [2.45, 2.75) is 32.6 Å². The van der Waals surface area contributed by atoms with Gasteiger partial charge in [0.05, 0.1) is 18.3 Å². The molecule has 1 heterocycles. The molecule has 4 nitrogen and oxygen atoms in total. The van der Waals surface area contributed by atoms with Crippen LogP contribution >= 0.6 is 0 Å². The van der Waals surface area contributed by atoms with Crippen LogP contribution in [0.4, 0.5) is 21.6 Å². The number of carbonyl (C=O) groups is 1. The molecule has 0 saturated heterocycles. The second kappa shape index (κ2) is 8.21. The van der Waals surface area contributed by atoms with Gasteiger partial charge in [0.25, 0.3) is 0 Å². The molecule has 0 aliphatic rings. The van der Waals surface area contributed by atoms with E-state index in [4.69, 9.17) is 0 Å². The topological polar surface area (TPSA) is 54.0 Å². The predicted molar refractivity (Wildman–Crippen MR) is 111 cm³/mol. The average molecular weight is 377 g/mol. The molecule has 0 saturated carbocycles. The molecule has 0 spiro atoms. The van der Waals surface area contributed by atoms with Crippen LogP contribution in [-0.4, -0.2) is 10.9 Å². The van der Waals surface area contributed by atoms with Crippen molar-refractivity contribution in [2.24, 2.45) is 0 Å². The highest BCUT2D eigenvalue weighted by Crippen LogP contribution is 2.24. The Hall–Kier alpha value is -3.21. The molecule has 1 aromatic heterocycles. The molecule has 0 aliphatic carbocycles. The van der Waals surface area contributed by atoms with Crippen molar-refractivity contribution in [3.8, 4) is 0 Å². The van der Waals surface area contributed by atoms with Gasteiger partial charge in [-0.3, -0.25) is 4.79 Å². The number of benzene rings is 2. The maximum atomic E-state index is 13.6. The lowest BCUT2D eigenvalue weighted by Gasteiger charge is -2.19. The quantitative estimate of drug-likeness (QED) is 0.622. The number of hydrogen-bond acceptors (Lipinski definition) is 3. The molecule has 2 aromatic carbocycles. The van der Waals surface area contributed by atoms with Crippen molar-refractivity contribution in [1.29, 1.82) is 0 Å². The molecule has 1 amide bonds. The van der Waals surface area contributed by atoms with E-state index < -0.39 is 0 Å². The Morgan fingerprint density at radius 1 is 0.964 bits per heavy atom. The van der Waals surface area contributed by atoms with E-state index >= 15 is 0 Å². The zero-order valence-electron chi connectivity index (χ0n) is 16.3. The van der Waals surface area contributed by atoms with E-state index in [1.165, 1.54) is 11.6 Å². The van der Waals surface area contributed by atoms with E-state index in [0.717, 1.165) is 5.69 Å². The lowest BCUT2D eigenvalue weighted by molar-refractivity contribution is -0.115. The fraction of sp³-hybridized carbons (Fsp3) is 0.217. The number of amides is 1. The van der Waals surface area contributed by atoms with Crippen LogP contribution in [0.3, 0.4) is 0 Å². The minimum absolute atomic E-state index is 0.0210. The standard InChI is InChI=1S/C23H24FN3O/c1-23(2,3)17-8-10-18(11-9-17)26-21-13-12-19(15-25-21)27-22(28)14-16-6-4-5-7-20(16)24/h4-13,15H,14H2,1-3H3,(H,25,26)(H,27,28). The average Bonchev–Trinajstić information content (AvgIpc) is 2.65. The first-order chi connectivity index (χ1) is 13.3. The van der Waals surface area contributed by atoms with Crippen molar-refractivity contribution in [3.05, 3.63) is 83.8 Å². The molecule has 5 heteroatoms. The summed E-state index contributed by atoms with van der Waals surface area (Å²) in [5.74, 6) is 0.00814. The second-order valence-electron chi connectivity index (χ2n) is 7.70. The smallest absolute Gasteiger partial charge is 0.228 e. The van der Waals surface area contributed by atoms with Gasteiger partial charge in [-0.25, -0.2) is 9.37 Å². The van der Waals surface area contributed by atoms with E-state index in [1.807, 2.05) is 12.1 Å². The largest absolute Gasteiger partial charge is 0.340 e. The molecule has 0 radical (unpaired) electrons. The minimum atomic E-state index is -0.382. The maximum absolute atomic E-state index is 13.6. The lowest BCUT2D eigenvalue weighted by Crippen LogP contribution is -2.15. The van der Waals surface area contributed by atoms with Gasteiger partial charge in [0, 0.05) is 5.69 Å². The van der Waals surface area contributed by atoms with E-state index in [0.29, 0.717) is 17.1 Å². The first-order valence-corrected chi connectivity index (χ1v) is 9.18. The SMILES string of the molecule is CC(C)(C)c1ccc(Nc2ccc(NC(=O)Cc3ccccc3F)cn2)cc1. The van der Waals surface area contributed by atoms with Crippen LogP contribution < -0.4 is 10.6 Å². The van der Waals surface area contributed by atoms with E-state index in [-0.39, 0.29) is 23.6 Å². The molecule has 0 fully saturated rings. The van der Waals surface area contributed by atoms with Gasteiger partial charge in [0.1, 0.15) is 11.6 Å². The molecule has 144 valence electrons. The third kappa shape index (κ3) is 5.16. The highest BCUT2D eigenvalue weighted by Gasteiger charge is 2.13. The third-order valence-electron chi connectivity index (χ3n) is 4.38. The number of anilines is 3. The molecule has 2 N–H and O–H groups in total. The number of nitrogens with one attached hydrogen (secondary N) is 2. The molecule has 0 bridgehead atoms. The Morgan fingerprint density at radius 3 is 2.25 bits per heavy atom. The van der Waals surface area contributed by atoms with E-state index in [1.54, 1.807) is 36.5 Å². The molecule has 28 heavy (non-hydrogen) atoms. The minimum Gasteiger partial charge on any atom is -0.340 e. The van der Waals surface area contributed by atoms with Crippen LogP contribution in [0, 0.1) is 5.82 Å². The van der Waals surface area contributed by atoms with Gasteiger partial charge in [-0.15, -0.1) is 0 Å². The number of carbonyl (C=O) groups excluding carboxylic acids is 1. The summed E-state index contributed by atoms with van der Waals surface area (Å²) < 4.78 is 13.6. The summed E-state index contributed by atoms with van der Waals surface area (Å²) in [7, 11) is 0. The summed E-state index contributed by atoms with van der Waals surface area (Å²) in [5, 5.41) is 5.97. The van der Waals surface area contributed by atoms with Gasteiger partial charge in [-0.05, 0) is 46.9 Å². The molecule has 0 unspecified atom stereocenters. The maximum Gasteiger partial charge on any atom is 0.228 e. The second-order valence-corrected chi connectivity index (χ2v) is 7.70. The van der Waals surface area contributed by atoms with E-state index in [9.17, 15) is 9.18 Å². The van der Waals surface area contributed by atoms with Crippen LogP contribution in [0.25, 0.3) is 0 Å². The normalized spacial score (nSPS) is 11.1. The number of hydrogen-bond donors (Lipinski definition) is 2. The van der Waals surface area contributed by atoms with Crippen LogP contribution in [0.2, 0.25) is 0 Å². The van der Waals surface area contributed by atoms with Gasteiger partial charge >= 0.3 is 0 Å². The number of pyridine rings is 1. The molecular weight excluding hydrogens is 353 g/mol. The summed E-state index contributed by atoms with van der Waals surface area (Å²) in [6.45, 7) is 6.53. The Kier molecular flexibility index (Phi) is 5.73. The van der Waals surface area contributed by atoms with Gasteiger partial charge in [-0.1, -0.05) is 51.1 Å². The summed E-state index contributed by atoms with van der Waals surface area (Å²) in [4.78, 5) is 16.4. The Labute approximate surface area is 164 Å². The monoisotopic (exact) mass is 377 g/mol. The number of halogens is 1. The zero-order chi connectivity index (χ0) is 20.1. The Bertz CT molecular complexity index is 945. The summed E-state index contributed by atoms with van der Waals surface area (Å²) >= 11 is 0. The third-order valence-corrected chi connectivity index (χ3v) is 4.38. The predicted octanol–water partition coefficient (Wildman–Crippen LogP) is 5.44. The van der Waals surface area contributed by atoms with Crippen molar-refractivity contribution in [2.75, 3.05) is 10.6 Å².